The Morgan fingerprint density at radius 3 is 2.61 bits per heavy atom. The number of aromatic nitrogens is 1. The average Bonchev–Trinajstić information content (AvgIpc) is 2.38. The van der Waals surface area contributed by atoms with Gasteiger partial charge in [-0.3, -0.25) is 4.90 Å². The van der Waals surface area contributed by atoms with Crippen LogP contribution in [0.1, 0.15) is 38.7 Å². The van der Waals surface area contributed by atoms with E-state index in [2.05, 4.69) is 30.7 Å². The molecule has 0 amide bonds. The summed E-state index contributed by atoms with van der Waals surface area (Å²) in [6.45, 7) is 8.54. The van der Waals surface area contributed by atoms with Crippen LogP contribution in [0.5, 0.6) is 0 Å². The molecule has 0 fully saturated rings. The van der Waals surface area contributed by atoms with Crippen molar-refractivity contribution in [3.63, 3.8) is 0 Å². The van der Waals surface area contributed by atoms with Crippen molar-refractivity contribution in [2.75, 3.05) is 25.4 Å². The number of rotatable bonds is 7. The van der Waals surface area contributed by atoms with E-state index < -0.39 is 0 Å². The molecule has 0 spiro atoms. The summed E-state index contributed by atoms with van der Waals surface area (Å²) >= 11 is 0. The van der Waals surface area contributed by atoms with Crippen LogP contribution in [0, 0.1) is 0 Å². The first-order valence-electron chi connectivity index (χ1n) is 6.64. The summed E-state index contributed by atoms with van der Waals surface area (Å²) in [7, 11) is 0. The van der Waals surface area contributed by atoms with Crippen LogP contribution in [0.15, 0.2) is 18.3 Å². The van der Waals surface area contributed by atoms with Crippen LogP contribution in [0.2, 0.25) is 0 Å². The molecular weight excluding hydrogens is 226 g/mol. The Morgan fingerprint density at radius 2 is 2.11 bits per heavy atom. The van der Waals surface area contributed by atoms with Gasteiger partial charge in [-0.05, 0) is 37.4 Å². The van der Waals surface area contributed by atoms with E-state index in [4.69, 9.17) is 5.73 Å². The van der Waals surface area contributed by atoms with Crippen molar-refractivity contribution >= 4 is 5.82 Å². The lowest BCUT2D eigenvalue weighted by atomic mass is 10.0. The fraction of sp³-hybridized carbons (Fsp3) is 0.643. The van der Waals surface area contributed by atoms with Gasteiger partial charge in [-0.25, -0.2) is 4.98 Å². The number of nitrogen functional groups attached to an aromatic ring is 1. The van der Waals surface area contributed by atoms with Gasteiger partial charge in [0.2, 0.25) is 0 Å². The molecule has 18 heavy (non-hydrogen) atoms. The molecule has 0 unspecified atom stereocenters. The molecule has 1 aromatic heterocycles. The first-order chi connectivity index (χ1) is 8.58. The lowest BCUT2D eigenvalue weighted by molar-refractivity contribution is 0.129. The maximum Gasteiger partial charge on any atom is 0.123 e. The zero-order valence-electron chi connectivity index (χ0n) is 11.6. The molecule has 0 aromatic carbocycles. The summed E-state index contributed by atoms with van der Waals surface area (Å²) in [6.07, 6.45) is 2.94. The first kappa shape index (κ1) is 14.9. The van der Waals surface area contributed by atoms with Gasteiger partial charge in [-0.2, -0.15) is 0 Å². The predicted molar refractivity (Wildman–Crippen MR) is 75.5 cm³/mol. The molecule has 1 heterocycles. The van der Waals surface area contributed by atoms with Crippen molar-refractivity contribution in [2.24, 2.45) is 0 Å². The summed E-state index contributed by atoms with van der Waals surface area (Å²) in [5, 5.41) is 9.28. The molecule has 1 aromatic rings. The smallest absolute Gasteiger partial charge is 0.123 e. The van der Waals surface area contributed by atoms with Crippen LogP contribution in [0.25, 0.3) is 0 Å². The highest BCUT2D eigenvalue weighted by Gasteiger charge is 2.16. The highest BCUT2D eigenvalue weighted by atomic mass is 16.3. The molecule has 0 saturated carbocycles. The van der Waals surface area contributed by atoms with Gasteiger partial charge in [-0.15, -0.1) is 0 Å². The van der Waals surface area contributed by atoms with E-state index in [0.29, 0.717) is 11.7 Å². The maximum atomic E-state index is 9.28. The number of anilines is 1. The number of aliphatic hydroxyl groups is 1. The zero-order chi connectivity index (χ0) is 13.5. The Balaban J connectivity index is 2.65. The van der Waals surface area contributed by atoms with Gasteiger partial charge in [0.15, 0.2) is 0 Å². The third-order valence-corrected chi connectivity index (χ3v) is 3.29. The fourth-order valence-electron chi connectivity index (χ4n) is 2.06. The average molecular weight is 251 g/mol. The number of nitrogens with two attached hydrogens (primary N) is 1. The van der Waals surface area contributed by atoms with Crippen molar-refractivity contribution in [2.45, 2.75) is 39.2 Å². The Bertz CT molecular complexity index is 339. The zero-order valence-corrected chi connectivity index (χ0v) is 11.6. The predicted octanol–water partition coefficient (Wildman–Crippen LogP) is 1.86. The molecule has 0 aliphatic carbocycles. The second-order valence-corrected chi connectivity index (χ2v) is 4.94. The third-order valence-electron chi connectivity index (χ3n) is 3.29. The minimum absolute atomic E-state index is 0.201. The molecule has 3 N–H and O–H groups in total. The van der Waals surface area contributed by atoms with Gasteiger partial charge in [0.05, 0.1) is 6.61 Å². The number of pyridine rings is 1. The second-order valence-electron chi connectivity index (χ2n) is 4.94. The van der Waals surface area contributed by atoms with Gasteiger partial charge in [-0.1, -0.05) is 19.9 Å². The summed E-state index contributed by atoms with van der Waals surface area (Å²) in [6, 6.07) is 4.07. The van der Waals surface area contributed by atoms with E-state index in [1.165, 1.54) is 5.56 Å². The highest BCUT2D eigenvalue weighted by Crippen LogP contribution is 2.17. The lowest BCUT2D eigenvalue weighted by Gasteiger charge is -2.30. The SMILES string of the molecule is CCCN(C[C@H](C)c1ccc(N)nc1)[C@@H](C)CO. The molecule has 2 atom stereocenters. The molecule has 4 heteroatoms. The summed E-state index contributed by atoms with van der Waals surface area (Å²) in [4.78, 5) is 6.45. The van der Waals surface area contributed by atoms with Crippen molar-refractivity contribution in [1.29, 1.82) is 0 Å². The molecule has 0 aliphatic rings. The molecule has 1 rings (SSSR count). The van der Waals surface area contributed by atoms with Crippen LogP contribution in [0.4, 0.5) is 5.82 Å². The van der Waals surface area contributed by atoms with Gasteiger partial charge in [0.1, 0.15) is 5.82 Å². The van der Waals surface area contributed by atoms with Crippen molar-refractivity contribution < 1.29 is 5.11 Å². The van der Waals surface area contributed by atoms with Gasteiger partial charge in [0, 0.05) is 18.8 Å². The highest BCUT2D eigenvalue weighted by molar-refractivity contribution is 5.30. The molecule has 0 saturated heterocycles. The van der Waals surface area contributed by atoms with E-state index >= 15 is 0 Å². The summed E-state index contributed by atoms with van der Waals surface area (Å²) in [5.74, 6) is 0.943. The third kappa shape index (κ3) is 4.27. The molecule has 0 radical (unpaired) electrons. The molecule has 0 aliphatic heterocycles. The largest absolute Gasteiger partial charge is 0.395 e. The second kappa shape index (κ2) is 7.34. The number of hydrogen-bond acceptors (Lipinski definition) is 4. The maximum absolute atomic E-state index is 9.28. The van der Waals surface area contributed by atoms with Crippen molar-refractivity contribution in [3.05, 3.63) is 23.9 Å². The van der Waals surface area contributed by atoms with Gasteiger partial charge >= 0.3 is 0 Å². The summed E-state index contributed by atoms with van der Waals surface area (Å²) in [5.41, 5.74) is 6.78. The van der Waals surface area contributed by atoms with Crippen molar-refractivity contribution in [3.8, 4) is 0 Å². The number of hydrogen-bond donors (Lipinski definition) is 2. The fourth-order valence-corrected chi connectivity index (χ4v) is 2.06. The first-order valence-corrected chi connectivity index (χ1v) is 6.64. The van der Waals surface area contributed by atoms with E-state index in [-0.39, 0.29) is 12.6 Å². The quantitative estimate of drug-likeness (QED) is 0.776. The summed E-state index contributed by atoms with van der Waals surface area (Å²) < 4.78 is 0. The van der Waals surface area contributed by atoms with Gasteiger partial charge < -0.3 is 10.8 Å². The van der Waals surface area contributed by atoms with Crippen LogP contribution in [-0.4, -0.2) is 40.7 Å². The minimum Gasteiger partial charge on any atom is -0.395 e. The standard InChI is InChI=1S/C14H25N3O/c1-4-7-17(12(3)10-18)9-11(2)13-5-6-14(15)16-8-13/h5-6,8,11-12,18H,4,7,9-10H2,1-3H3,(H2,15,16)/t11-,12-/m0/s1. The number of aliphatic hydroxyl groups excluding tert-OH is 1. The minimum atomic E-state index is 0.201. The molecule has 0 bridgehead atoms. The van der Waals surface area contributed by atoms with Crippen LogP contribution >= 0.6 is 0 Å². The van der Waals surface area contributed by atoms with Crippen molar-refractivity contribution in [1.82, 2.24) is 9.88 Å². The van der Waals surface area contributed by atoms with E-state index in [1.807, 2.05) is 18.3 Å². The molecule has 4 nitrogen and oxygen atoms in total. The monoisotopic (exact) mass is 251 g/mol. The molecule has 102 valence electrons. The van der Waals surface area contributed by atoms with E-state index in [9.17, 15) is 5.11 Å². The van der Waals surface area contributed by atoms with E-state index in [0.717, 1.165) is 19.5 Å². The van der Waals surface area contributed by atoms with Crippen LogP contribution < -0.4 is 5.73 Å². The molecular formula is C14H25N3O. The Hall–Kier alpha value is -1.13. The van der Waals surface area contributed by atoms with Gasteiger partial charge in [0.25, 0.3) is 0 Å². The number of nitrogens with zero attached hydrogens (tertiary/aromatic N) is 2. The van der Waals surface area contributed by atoms with Crippen LogP contribution in [0.3, 0.4) is 0 Å². The topological polar surface area (TPSA) is 62.4 Å². The normalized spacial score (nSPS) is 14.7. The Labute approximate surface area is 110 Å². The Morgan fingerprint density at radius 1 is 1.39 bits per heavy atom. The lowest BCUT2D eigenvalue weighted by Crippen LogP contribution is -2.38. The van der Waals surface area contributed by atoms with Crippen LogP contribution in [-0.2, 0) is 0 Å². The Kier molecular flexibility index (Phi) is 6.09. The van der Waals surface area contributed by atoms with E-state index in [1.54, 1.807) is 0 Å².